The van der Waals surface area contributed by atoms with Gasteiger partial charge in [0, 0.05) is 23.3 Å². The fourth-order valence-corrected chi connectivity index (χ4v) is 4.81. The van der Waals surface area contributed by atoms with Crippen LogP contribution >= 0.6 is 0 Å². The maximum absolute atomic E-state index is 15.4. The van der Waals surface area contributed by atoms with Crippen molar-refractivity contribution < 1.29 is 66.1 Å². The van der Waals surface area contributed by atoms with Gasteiger partial charge in [-0.15, -0.1) is 0 Å². The van der Waals surface area contributed by atoms with E-state index >= 15 is 4.39 Å². The van der Waals surface area contributed by atoms with Crippen LogP contribution in [0.25, 0.3) is 11.1 Å². The van der Waals surface area contributed by atoms with Crippen molar-refractivity contribution in [1.82, 2.24) is 14.5 Å². The molecule has 1 N–H and O–H groups in total. The van der Waals surface area contributed by atoms with E-state index in [0.717, 1.165) is 27.5 Å². The first kappa shape index (κ1) is 35.7. The molecule has 0 bridgehead atoms. The minimum absolute atomic E-state index is 0. The standard InChI is InChI=1S/C31H28F5N3O5.Na/c1-44-26-13-5-10-20(28(26)33)21-16-38(17-22-23(31(34,35)36)11-6-12-24(22)32)30(43)39(29(21)42)18-25(19-8-3-2-4-9-19)37-15-7-14-27(40)41;/h2-6,8-13,16,25,37H,7,14-15,17-18H2,1H3,(H,40,41);/q;+1/p-1/t25-;/m0./s1. The number of ether oxygens (including phenoxy) is 1. The van der Waals surface area contributed by atoms with Crippen molar-refractivity contribution in [3.8, 4) is 16.9 Å². The van der Waals surface area contributed by atoms with Crippen LogP contribution in [-0.4, -0.2) is 28.8 Å². The molecule has 45 heavy (non-hydrogen) atoms. The maximum atomic E-state index is 15.4. The molecule has 1 atom stereocenters. The normalized spacial score (nSPS) is 12.0. The second kappa shape index (κ2) is 15.5. The zero-order chi connectivity index (χ0) is 32.0. The number of halogens is 5. The van der Waals surface area contributed by atoms with Gasteiger partial charge in [0.15, 0.2) is 11.6 Å². The molecule has 3 aromatic carbocycles. The molecule has 8 nitrogen and oxygen atoms in total. The van der Waals surface area contributed by atoms with E-state index in [4.69, 9.17) is 4.74 Å². The molecule has 4 rings (SSSR count). The fraction of sp³-hybridized carbons (Fsp3) is 0.258. The van der Waals surface area contributed by atoms with Crippen LogP contribution in [0.4, 0.5) is 22.0 Å². The van der Waals surface area contributed by atoms with Gasteiger partial charge in [0.2, 0.25) is 0 Å². The number of methoxy groups -OCH3 is 1. The summed E-state index contributed by atoms with van der Waals surface area (Å²) < 4.78 is 78.0. The summed E-state index contributed by atoms with van der Waals surface area (Å²) in [6.45, 7) is -1.16. The predicted octanol–water partition coefficient (Wildman–Crippen LogP) is 0.896. The molecule has 0 saturated carbocycles. The monoisotopic (exact) mass is 639 g/mol. The van der Waals surface area contributed by atoms with Crippen LogP contribution in [0.3, 0.4) is 0 Å². The van der Waals surface area contributed by atoms with Gasteiger partial charge >= 0.3 is 41.4 Å². The number of aliphatic carboxylic acids is 1. The number of benzene rings is 3. The minimum Gasteiger partial charge on any atom is -0.550 e. The molecule has 0 aliphatic rings. The van der Waals surface area contributed by atoms with Crippen molar-refractivity contribution in [2.75, 3.05) is 13.7 Å². The average molecular weight is 640 g/mol. The number of rotatable bonds is 12. The Morgan fingerprint density at radius 2 is 1.67 bits per heavy atom. The van der Waals surface area contributed by atoms with E-state index in [-0.39, 0.29) is 72.4 Å². The van der Waals surface area contributed by atoms with Gasteiger partial charge in [0.05, 0.1) is 37.4 Å². The third-order valence-corrected chi connectivity index (χ3v) is 6.98. The molecule has 0 saturated heterocycles. The summed E-state index contributed by atoms with van der Waals surface area (Å²) in [6, 6.07) is 14.1. The van der Waals surface area contributed by atoms with Crippen LogP contribution in [-0.2, 0) is 24.1 Å². The number of carboxylic acid groups (broad SMARTS) is 1. The summed E-state index contributed by atoms with van der Waals surface area (Å²) in [7, 11) is 1.20. The van der Waals surface area contributed by atoms with E-state index in [2.05, 4.69) is 5.32 Å². The Bertz CT molecular complexity index is 1760. The number of alkyl halides is 3. The smallest absolute Gasteiger partial charge is 0.550 e. The van der Waals surface area contributed by atoms with Gasteiger partial charge in [-0.25, -0.2) is 13.6 Å². The van der Waals surface area contributed by atoms with Crippen molar-refractivity contribution in [2.24, 2.45) is 0 Å². The first-order valence-corrected chi connectivity index (χ1v) is 13.4. The molecule has 232 valence electrons. The average Bonchev–Trinajstić information content (AvgIpc) is 2.98. The van der Waals surface area contributed by atoms with Gasteiger partial charge in [-0.05, 0) is 43.1 Å². The summed E-state index contributed by atoms with van der Waals surface area (Å²) in [4.78, 5) is 38.4. The Morgan fingerprint density at radius 3 is 2.31 bits per heavy atom. The van der Waals surface area contributed by atoms with E-state index in [1.807, 2.05) is 0 Å². The molecule has 0 spiro atoms. The molecule has 0 radical (unpaired) electrons. The third kappa shape index (κ3) is 8.48. The summed E-state index contributed by atoms with van der Waals surface area (Å²) >= 11 is 0. The van der Waals surface area contributed by atoms with Crippen molar-refractivity contribution in [3.05, 3.63) is 122 Å². The number of aromatic nitrogens is 2. The maximum Gasteiger partial charge on any atom is 1.00 e. The molecule has 14 heteroatoms. The van der Waals surface area contributed by atoms with Crippen LogP contribution in [0, 0.1) is 11.6 Å². The number of nitrogens with one attached hydrogen (secondary N) is 1. The van der Waals surface area contributed by atoms with Crippen LogP contribution in [0.1, 0.15) is 35.6 Å². The number of nitrogens with zero attached hydrogens (tertiary/aromatic N) is 2. The number of hydrogen-bond donors (Lipinski definition) is 1. The van der Waals surface area contributed by atoms with E-state index in [1.165, 1.54) is 25.3 Å². The fourth-order valence-electron chi connectivity index (χ4n) is 4.81. The topological polar surface area (TPSA) is 105 Å². The molecule has 4 aromatic rings. The van der Waals surface area contributed by atoms with Crippen molar-refractivity contribution in [2.45, 2.75) is 38.1 Å². The summed E-state index contributed by atoms with van der Waals surface area (Å²) in [5.41, 5.74) is -4.26. The number of carbonyl (C=O) groups is 1. The van der Waals surface area contributed by atoms with Crippen LogP contribution < -0.4 is 56.0 Å². The van der Waals surface area contributed by atoms with Gasteiger partial charge < -0.3 is 20.0 Å². The van der Waals surface area contributed by atoms with Crippen molar-refractivity contribution in [3.63, 3.8) is 0 Å². The second-order valence-corrected chi connectivity index (χ2v) is 9.85. The van der Waals surface area contributed by atoms with Crippen molar-refractivity contribution >= 4 is 5.97 Å². The van der Waals surface area contributed by atoms with Crippen LogP contribution in [0.15, 0.2) is 82.5 Å². The largest absolute Gasteiger partial charge is 1.00 e. The summed E-state index contributed by atoms with van der Waals surface area (Å²) in [5.74, 6) is -3.67. The molecular weight excluding hydrogens is 612 g/mol. The zero-order valence-corrected chi connectivity index (χ0v) is 26.4. The number of carbonyl (C=O) groups excluding carboxylic acids is 1. The molecule has 0 aliphatic heterocycles. The Kier molecular flexibility index (Phi) is 12.3. The Hall–Kier alpha value is -3.78. The molecule has 1 heterocycles. The first-order valence-electron chi connectivity index (χ1n) is 13.4. The van der Waals surface area contributed by atoms with E-state index in [1.54, 1.807) is 30.3 Å². The number of hydrogen-bond acceptors (Lipinski definition) is 6. The Labute approximate surface area is 276 Å². The predicted molar refractivity (Wildman–Crippen MR) is 149 cm³/mol. The quantitative estimate of drug-likeness (QED) is 0.140. The molecule has 0 unspecified atom stereocenters. The SMILES string of the molecule is COc1cccc(-c2cn(Cc3c(F)cccc3C(F)(F)F)c(=O)n(C[C@H](NCCCC(=O)[O-])c3ccccc3)c2=O)c1F.[Na+]. The van der Waals surface area contributed by atoms with Crippen LogP contribution in [0.2, 0.25) is 0 Å². The number of carboxylic acids is 1. The van der Waals surface area contributed by atoms with Gasteiger partial charge in [-0.3, -0.25) is 13.9 Å². The van der Waals surface area contributed by atoms with Gasteiger partial charge in [0.1, 0.15) is 5.82 Å². The molecule has 0 amide bonds. The van der Waals surface area contributed by atoms with E-state index in [9.17, 15) is 37.1 Å². The van der Waals surface area contributed by atoms with E-state index < -0.39 is 58.7 Å². The molecule has 1 aromatic heterocycles. The Morgan fingerprint density at radius 1 is 0.978 bits per heavy atom. The molecule has 0 fully saturated rings. The molecular formula is C31H27F5N3NaO5. The minimum atomic E-state index is -4.95. The van der Waals surface area contributed by atoms with E-state index in [0.29, 0.717) is 11.6 Å². The third-order valence-electron chi connectivity index (χ3n) is 6.98. The van der Waals surface area contributed by atoms with Crippen LogP contribution in [0.5, 0.6) is 5.75 Å². The van der Waals surface area contributed by atoms with Gasteiger partial charge in [-0.2, -0.15) is 13.2 Å². The van der Waals surface area contributed by atoms with Gasteiger partial charge in [-0.1, -0.05) is 48.5 Å². The Balaban J connectivity index is 0.00000552. The van der Waals surface area contributed by atoms with Gasteiger partial charge in [0.25, 0.3) is 5.56 Å². The first-order chi connectivity index (χ1) is 20.9. The molecule has 0 aliphatic carbocycles. The summed E-state index contributed by atoms with van der Waals surface area (Å²) in [6.07, 6.45) is -4.15. The van der Waals surface area contributed by atoms with Crippen molar-refractivity contribution in [1.29, 1.82) is 0 Å². The zero-order valence-electron chi connectivity index (χ0n) is 24.4. The summed E-state index contributed by atoms with van der Waals surface area (Å²) in [5, 5.41) is 14.0. The second-order valence-electron chi connectivity index (χ2n) is 9.85.